The van der Waals surface area contributed by atoms with Crippen molar-refractivity contribution in [3.05, 3.63) is 64.2 Å². The Morgan fingerprint density at radius 1 is 1.19 bits per heavy atom. The molecule has 0 atom stereocenters. The minimum atomic E-state index is -0.388. The Balaban J connectivity index is 1.87. The first kappa shape index (κ1) is 20.3. The SMILES string of the molecule is CCc1ccc(-c2c(C#N)c(N)nc3sc(C(=O)Nc4ccc(C)cn4)c(N)c23)cc1. The van der Waals surface area contributed by atoms with E-state index >= 15 is 0 Å². The number of nitrogens with zero attached hydrogens (tertiary/aromatic N) is 3. The van der Waals surface area contributed by atoms with Gasteiger partial charge in [0.1, 0.15) is 33.0 Å². The topological polar surface area (TPSA) is 131 Å². The molecule has 0 bridgehead atoms. The number of benzene rings is 1. The van der Waals surface area contributed by atoms with Crippen LogP contribution in [0.15, 0.2) is 42.6 Å². The van der Waals surface area contributed by atoms with Crippen molar-refractivity contribution in [3.8, 4) is 17.2 Å². The van der Waals surface area contributed by atoms with Gasteiger partial charge in [-0.25, -0.2) is 9.97 Å². The van der Waals surface area contributed by atoms with Crippen LogP contribution >= 0.6 is 11.3 Å². The Bertz CT molecular complexity index is 1330. The average Bonchev–Trinajstić information content (AvgIpc) is 3.10. The van der Waals surface area contributed by atoms with Gasteiger partial charge in [-0.15, -0.1) is 11.3 Å². The molecule has 4 aromatic rings. The molecule has 1 aromatic carbocycles. The molecule has 1 amide bonds. The van der Waals surface area contributed by atoms with E-state index in [0.29, 0.717) is 26.5 Å². The fourth-order valence-corrected chi connectivity index (χ4v) is 4.37. The predicted molar refractivity (Wildman–Crippen MR) is 125 cm³/mol. The molecule has 0 saturated carbocycles. The molecule has 8 heteroatoms. The summed E-state index contributed by atoms with van der Waals surface area (Å²) in [5.74, 6) is 0.146. The quantitative estimate of drug-likeness (QED) is 0.438. The fourth-order valence-electron chi connectivity index (χ4n) is 3.36. The van der Waals surface area contributed by atoms with Crippen LogP contribution < -0.4 is 16.8 Å². The van der Waals surface area contributed by atoms with Crippen molar-refractivity contribution in [2.75, 3.05) is 16.8 Å². The number of fused-ring (bicyclic) bond motifs is 1. The summed E-state index contributed by atoms with van der Waals surface area (Å²) < 4.78 is 0. The second kappa shape index (κ2) is 8.05. The van der Waals surface area contributed by atoms with E-state index in [2.05, 4.69) is 28.3 Å². The number of carbonyl (C=O) groups is 1. The number of hydrogen-bond donors (Lipinski definition) is 3. The number of aryl methyl sites for hydroxylation is 2. The molecule has 31 heavy (non-hydrogen) atoms. The van der Waals surface area contributed by atoms with Gasteiger partial charge < -0.3 is 16.8 Å². The molecular formula is C23H20N6OS. The van der Waals surface area contributed by atoms with Gasteiger partial charge in [0.2, 0.25) is 0 Å². The molecule has 0 aliphatic carbocycles. The Morgan fingerprint density at radius 2 is 1.94 bits per heavy atom. The highest BCUT2D eigenvalue weighted by Crippen LogP contribution is 2.42. The Labute approximate surface area is 183 Å². The van der Waals surface area contributed by atoms with Crippen LogP contribution in [0.3, 0.4) is 0 Å². The average molecular weight is 429 g/mol. The molecule has 0 saturated heterocycles. The molecule has 154 valence electrons. The van der Waals surface area contributed by atoms with Crippen molar-refractivity contribution in [2.45, 2.75) is 20.3 Å². The van der Waals surface area contributed by atoms with Gasteiger partial charge in [0, 0.05) is 17.1 Å². The summed E-state index contributed by atoms with van der Waals surface area (Å²) in [6.07, 6.45) is 2.57. The number of rotatable bonds is 4. The number of nitrogens with two attached hydrogens (primary N) is 2. The molecule has 0 aliphatic rings. The lowest BCUT2D eigenvalue weighted by Gasteiger charge is -2.10. The van der Waals surface area contributed by atoms with E-state index in [-0.39, 0.29) is 23.0 Å². The van der Waals surface area contributed by atoms with Crippen molar-refractivity contribution in [1.82, 2.24) is 9.97 Å². The monoisotopic (exact) mass is 428 g/mol. The third-order valence-corrected chi connectivity index (χ3v) is 6.12. The number of thiophene rings is 1. The Hall–Kier alpha value is -3.96. The second-order valence-corrected chi connectivity index (χ2v) is 8.11. The normalized spacial score (nSPS) is 10.7. The van der Waals surface area contributed by atoms with Gasteiger partial charge in [0.25, 0.3) is 5.91 Å². The summed E-state index contributed by atoms with van der Waals surface area (Å²) in [6, 6.07) is 13.6. The fraction of sp³-hybridized carbons (Fsp3) is 0.130. The molecule has 3 heterocycles. The van der Waals surface area contributed by atoms with Crippen LogP contribution in [0, 0.1) is 18.3 Å². The number of aromatic nitrogens is 2. The van der Waals surface area contributed by atoms with Crippen molar-refractivity contribution in [3.63, 3.8) is 0 Å². The Morgan fingerprint density at radius 3 is 2.55 bits per heavy atom. The first-order valence-electron chi connectivity index (χ1n) is 9.67. The van der Waals surface area contributed by atoms with Crippen LogP contribution in [-0.2, 0) is 6.42 Å². The highest BCUT2D eigenvalue weighted by molar-refractivity contribution is 7.21. The third kappa shape index (κ3) is 3.67. The van der Waals surface area contributed by atoms with Crippen LogP contribution in [-0.4, -0.2) is 15.9 Å². The number of nitrogen functional groups attached to an aromatic ring is 2. The molecule has 4 rings (SSSR count). The standard InChI is InChI=1S/C23H20N6OS/c1-3-13-5-7-14(8-6-13)17-15(10-24)21(26)29-23-18(17)19(25)20(31-23)22(30)28-16-9-4-12(2)11-27-16/h4-9,11H,3,25H2,1-2H3,(H2,26,29)(H,27,28,30). The van der Waals surface area contributed by atoms with Crippen molar-refractivity contribution in [1.29, 1.82) is 5.26 Å². The van der Waals surface area contributed by atoms with Gasteiger partial charge in [0.15, 0.2) is 0 Å². The molecular weight excluding hydrogens is 408 g/mol. The lowest BCUT2D eigenvalue weighted by Crippen LogP contribution is -2.13. The van der Waals surface area contributed by atoms with Crippen LogP contribution in [0.1, 0.15) is 33.3 Å². The van der Waals surface area contributed by atoms with E-state index in [9.17, 15) is 10.1 Å². The highest BCUT2D eigenvalue weighted by atomic mass is 32.1. The lowest BCUT2D eigenvalue weighted by molar-refractivity contribution is 0.103. The number of hydrogen-bond acceptors (Lipinski definition) is 7. The largest absolute Gasteiger partial charge is 0.397 e. The molecule has 0 radical (unpaired) electrons. The summed E-state index contributed by atoms with van der Waals surface area (Å²) in [7, 11) is 0. The summed E-state index contributed by atoms with van der Waals surface area (Å²) in [5, 5.41) is 13.1. The summed E-state index contributed by atoms with van der Waals surface area (Å²) in [6.45, 7) is 3.99. The minimum Gasteiger partial charge on any atom is -0.397 e. The first-order chi connectivity index (χ1) is 14.9. The number of carbonyl (C=O) groups excluding carboxylic acids is 1. The van der Waals surface area contributed by atoms with E-state index < -0.39 is 0 Å². The summed E-state index contributed by atoms with van der Waals surface area (Å²) in [4.78, 5) is 22.3. The molecule has 0 fully saturated rings. The number of nitriles is 1. The van der Waals surface area contributed by atoms with Crippen molar-refractivity contribution < 1.29 is 4.79 Å². The number of anilines is 3. The predicted octanol–water partition coefficient (Wildman–Crippen LogP) is 4.52. The molecule has 0 aliphatic heterocycles. The lowest BCUT2D eigenvalue weighted by atomic mass is 9.96. The van der Waals surface area contributed by atoms with Crippen LogP contribution in [0.25, 0.3) is 21.3 Å². The van der Waals surface area contributed by atoms with E-state index in [4.69, 9.17) is 11.5 Å². The number of amides is 1. The Kier molecular flexibility index (Phi) is 5.28. The molecule has 3 aromatic heterocycles. The van der Waals surface area contributed by atoms with Gasteiger partial charge in [-0.1, -0.05) is 37.3 Å². The highest BCUT2D eigenvalue weighted by Gasteiger charge is 2.24. The maximum atomic E-state index is 12.9. The number of pyridine rings is 2. The van der Waals surface area contributed by atoms with Gasteiger partial charge in [-0.3, -0.25) is 4.79 Å². The van der Waals surface area contributed by atoms with Gasteiger partial charge in [-0.2, -0.15) is 5.26 Å². The molecule has 7 nitrogen and oxygen atoms in total. The minimum absolute atomic E-state index is 0.109. The summed E-state index contributed by atoms with van der Waals surface area (Å²) in [5.41, 5.74) is 16.6. The van der Waals surface area contributed by atoms with Crippen LogP contribution in [0.4, 0.5) is 17.3 Å². The van der Waals surface area contributed by atoms with E-state index in [1.165, 1.54) is 5.56 Å². The van der Waals surface area contributed by atoms with Crippen LogP contribution in [0.5, 0.6) is 0 Å². The maximum absolute atomic E-state index is 12.9. The van der Waals surface area contributed by atoms with E-state index in [0.717, 1.165) is 28.9 Å². The van der Waals surface area contributed by atoms with Gasteiger partial charge in [-0.05, 0) is 36.1 Å². The zero-order chi connectivity index (χ0) is 22.1. The smallest absolute Gasteiger partial charge is 0.269 e. The zero-order valence-electron chi connectivity index (χ0n) is 17.1. The van der Waals surface area contributed by atoms with Crippen LogP contribution in [0.2, 0.25) is 0 Å². The molecule has 5 N–H and O–H groups in total. The first-order valence-corrected chi connectivity index (χ1v) is 10.5. The third-order valence-electron chi connectivity index (χ3n) is 5.03. The van der Waals surface area contributed by atoms with E-state index in [1.807, 2.05) is 37.3 Å². The van der Waals surface area contributed by atoms with Crippen molar-refractivity contribution >= 4 is 44.8 Å². The maximum Gasteiger partial charge on any atom is 0.269 e. The van der Waals surface area contributed by atoms with Gasteiger partial charge in [0.05, 0.1) is 5.69 Å². The van der Waals surface area contributed by atoms with Crippen molar-refractivity contribution in [2.24, 2.45) is 0 Å². The van der Waals surface area contributed by atoms with E-state index in [1.54, 1.807) is 12.3 Å². The van der Waals surface area contributed by atoms with Gasteiger partial charge >= 0.3 is 0 Å². The zero-order valence-corrected chi connectivity index (χ0v) is 17.9. The molecule has 0 unspecified atom stereocenters. The summed E-state index contributed by atoms with van der Waals surface area (Å²) >= 11 is 1.14. The second-order valence-electron chi connectivity index (χ2n) is 7.11. The molecule has 0 spiro atoms. The number of nitrogens with one attached hydrogen (secondary N) is 1.